The quantitative estimate of drug-likeness (QED) is 0.811. The number of amides is 1. The lowest BCUT2D eigenvalue weighted by molar-refractivity contribution is -0.118. The third kappa shape index (κ3) is 4.30. The van der Waals surface area contributed by atoms with Crippen molar-refractivity contribution in [3.05, 3.63) is 29.8 Å². The molecule has 0 bridgehead atoms. The first-order valence-corrected chi connectivity index (χ1v) is 9.26. The van der Waals surface area contributed by atoms with Crippen LogP contribution >= 0.6 is 0 Å². The van der Waals surface area contributed by atoms with Gasteiger partial charge in [-0.05, 0) is 44.4 Å². The number of rotatable bonds is 6. The van der Waals surface area contributed by atoms with Crippen LogP contribution in [0.3, 0.4) is 0 Å². The van der Waals surface area contributed by atoms with Gasteiger partial charge in [0.15, 0.2) is 9.84 Å². The van der Waals surface area contributed by atoms with Crippen LogP contribution in [0.5, 0.6) is 0 Å². The Labute approximate surface area is 128 Å². The van der Waals surface area contributed by atoms with Crippen LogP contribution in [-0.2, 0) is 14.6 Å². The predicted octanol–water partition coefficient (Wildman–Crippen LogP) is 2.95. The fourth-order valence-electron chi connectivity index (χ4n) is 2.33. The van der Waals surface area contributed by atoms with Gasteiger partial charge in [-0.3, -0.25) is 4.79 Å². The Morgan fingerprint density at radius 3 is 2.24 bits per heavy atom. The highest BCUT2D eigenvalue weighted by atomic mass is 32.2. The van der Waals surface area contributed by atoms with E-state index >= 15 is 0 Å². The number of carbonyl (C=O) groups excluding carboxylic acids is 1. The lowest BCUT2D eigenvalue weighted by Gasteiger charge is -2.32. The molecule has 1 amide bonds. The van der Waals surface area contributed by atoms with Crippen LogP contribution in [-0.4, -0.2) is 31.9 Å². The summed E-state index contributed by atoms with van der Waals surface area (Å²) in [5, 5.41) is -1.03. The van der Waals surface area contributed by atoms with Crippen LogP contribution in [0, 0.1) is 6.92 Å². The molecular formula is C16H25NO3S. The maximum atomic E-state index is 12.7. The predicted molar refractivity (Wildman–Crippen MR) is 87.3 cm³/mol. The number of sulfone groups is 1. The average Bonchev–Trinajstić information content (AvgIpc) is 2.42. The second kappa shape index (κ2) is 7.07. The normalized spacial score (nSPS) is 13.2. The largest absolute Gasteiger partial charge is 0.308 e. The van der Waals surface area contributed by atoms with E-state index in [2.05, 4.69) is 0 Å². The van der Waals surface area contributed by atoms with Crippen molar-refractivity contribution in [3.8, 4) is 0 Å². The van der Waals surface area contributed by atoms with Gasteiger partial charge in [0.05, 0.1) is 0 Å². The number of carbonyl (C=O) groups is 1. The second-order valence-electron chi connectivity index (χ2n) is 5.49. The van der Waals surface area contributed by atoms with Gasteiger partial charge in [-0.2, -0.15) is 0 Å². The van der Waals surface area contributed by atoms with Crippen LogP contribution in [0.1, 0.15) is 39.2 Å². The molecular weight excluding hydrogens is 286 g/mol. The van der Waals surface area contributed by atoms with Crippen molar-refractivity contribution in [1.82, 2.24) is 0 Å². The summed E-state index contributed by atoms with van der Waals surface area (Å²) in [4.78, 5) is 14.4. The molecule has 0 radical (unpaired) electrons. The third-order valence-electron chi connectivity index (χ3n) is 3.81. The summed E-state index contributed by atoms with van der Waals surface area (Å²) in [6.45, 7) is 7.44. The van der Waals surface area contributed by atoms with Crippen molar-refractivity contribution in [2.75, 3.05) is 11.2 Å². The molecule has 0 aromatic heterocycles. The fraction of sp³-hybridized carbons (Fsp3) is 0.562. The van der Waals surface area contributed by atoms with Crippen molar-refractivity contribution in [1.29, 1.82) is 0 Å². The fourth-order valence-corrected chi connectivity index (χ4v) is 2.81. The number of nitrogens with zero attached hydrogens (tertiary/aromatic N) is 1. The van der Waals surface area contributed by atoms with E-state index in [1.807, 2.05) is 45.0 Å². The lowest BCUT2D eigenvalue weighted by atomic mass is 10.1. The van der Waals surface area contributed by atoms with Gasteiger partial charge in [-0.15, -0.1) is 0 Å². The van der Waals surface area contributed by atoms with Gasteiger partial charge >= 0.3 is 0 Å². The molecule has 21 heavy (non-hydrogen) atoms. The first-order chi connectivity index (χ1) is 9.72. The Hall–Kier alpha value is -1.36. The Balaban J connectivity index is 3.30. The third-order valence-corrected chi connectivity index (χ3v) is 5.30. The summed E-state index contributed by atoms with van der Waals surface area (Å²) >= 11 is 0. The molecule has 0 aliphatic rings. The highest BCUT2D eigenvalue weighted by molar-refractivity contribution is 7.92. The molecule has 0 saturated heterocycles. The molecule has 0 spiro atoms. The molecule has 0 fully saturated rings. The highest BCUT2D eigenvalue weighted by Gasteiger charge is 2.32. The summed E-state index contributed by atoms with van der Waals surface area (Å²) in [5.74, 6) is -0.350. The zero-order chi connectivity index (χ0) is 16.2. The first-order valence-electron chi connectivity index (χ1n) is 7.30. The minimum atomic E-state index is -3.41. The first kappa shape index (κ1) is 17.7. The Morgan fingerprint density at radius 2 is 1.81 bits per heavy atom. The standard InChI is InChI=1S/C16H25NO3S/c1-6-14(7-2)17(15-10-8-9-12(3)11-15)16(18)13(4)21(5,19)20/h8-11,13-14H,6-7H2,1-5H3. The van der Waals surface area contributed by atoms with E-state index < -0.39 is 15.1 Å². The van der Waals surface area contributed by atoms with Gasteiger partial charge < -0.3 is 4.90 Å². The van der Waals surface area contributed by atoms with Gasteiger partial charge in [-0.25, -0.2) is 8.42 Å². The lowest BCUT2D eigenvalue weighted by Crippen LogP contribution is -2.47. The number of hydrogen-bond donors (Lipinski definition) is 0. The van der Waals surface area contributed by atoms with Gasteiger partial charge in [0.1, 0.15) is 5.25 Å². The molecule has 0 saturated carbocycles. The van der Waals surface area contributed by atoms with Crippen molar-refractivity contribution in [3.63, 3.8) is 0 Å². The molecule has 4 nitrogen and oxygen atoms in total. The zero-order valence-corrected chi connectivity index (χ0v) is 14.3. The number of hydrogen-bond acceptors (Lipinski definition) is 3. The van der Waals surface area contributed by atoms with Crippen LogP contribution in [0.4, 0.5) is 5.69 Å². The summed E-state index contributed by atoms with van der Waals surface area (Å²) in [6.07, 6.45) is 2.68. The average molecular weight is 311 g/mol. The summed E-state index contributed by atoms with van der Waals surface area (Å²) < 4.78 is 23.5. The maximum Gasteiger partial charge on any atom is 0.245 e. The molecule has 0 aliphatic carbocycles. The van der Waals surface area contributed by atoms with E-state index in [1.165, 1.54) is 6.92 Å². The molecule has 1 rings (SSSR count). The molecule has 1 aromatic rings. The molecule has 0 aliphatic heterocycles. The van der Waals surface area contributed by atoms with E-state index in [0.29, 0.717) is 0 Å². The molecule has 118 valence electrons. The zero-order valence-electron chi connectivity index (χ0n) is 13.5. The van der Waals surface area contributed by atoms with E-state index in [4.69, 9.17) is 0 Å². The van der Waals surface area contributed by atoms with E-state index in [1.54, 1.807) is 4.90 Å². The SMILES string of the molecule is CCC(CC)N(C(=O)C(C)S(C)(=O)=O)c1cccc(C)c1. The molecule has 1 atom stereocenters. The smallest absolute Gasteiger partial charge is 0.245 e. The highest BCUT2D eigenvalue weighted by Crippen LogP contribution is 2.24. The summed E-state index contributed by atoms with van der Waals surface area (Å²) in [7, 11) is -3.41. The van der Waals surface area contributed by atoms with Gasteiger partial charge in [0.25, 0.3) is 0 Å². The van der Waals surface area contributed by atoms with Crippen molar-refractivity contribution < 1.29 is 13.2 Å². The van der Waals surface area contributed by atoms with E-state index in [-0.39, 0.29) is 11.9 Å². The topological polar surface area (TPSA) is 54.5 Å². The minimum Gasteiger partial charge on any atom is -0.308 e. The number of aryl methyl sites for hydroxylation is 1. The molecule has 0 heterocycles. The van der Waals surface area contributed by atoms with Crippen LogP contribution in [0.2, 0.25) is 0 Å². The van der Waals surface area contributed by atoms with E-state index in [0.717, 1.165) is 30.3 Å². The van der Waals surface area contributed by atoms with Crippen LogP contribution < -0.4 is 4.90 Å². The molecule has 1 aromatic carbocycles. The molecule has 0 N–H and O–H groups in total. The maximum absolute atomic E-state index is 12.7. The summed E-state index contributed by atoms with van der Waals surface area (Å²) in [6, 6.07) is 7.63. The Kier molecular flexibility index (Phi) is 5.96. The van der Waals surface area contributed by atoms with E-state index in [9.17, 15) is 13.2 Å². The minimum absolute atomic E-state index is 0.00324. The number of benzene rings is 1. The summed E-state index contributed by atoms with van der Waals surface area (Å²) in [5.41, 5.74) is 1.81. The van der Waals surface area contributed by atoms with Crippen molar-refractivity contribution >= 4 is 21.4 Å². The monoisotopic (exact) mass is 311 g/mol. The van der Waals surface area contributed by atoms with Gasteiger partial charge in [0, 0.05) is 18.0 Å². The second-order valence-corrected chi connectivity index (χ2v) is 7.86. The van der Waals surface area contributed by atoms with Crippen molar-refractivity contribution in [2.45, 2.75) is 51.8 Å². The Morgan fingerprint density at radius 1 is 1.24 bits per heavy atom. The Bertz CT molecular complexity index is 591. The van der Waals surface area contributed by atoms with Gasteiger partial charge in [-0.1, -0.05) is 26.0 Å². The van der Waals surface area contributed by atoms with Crippen molar-refractivity contribution in [2.24, 2.45) is 0 Å². The van der Waals surface area contributed by atoms with Crippen LogP contribution in [0.25, 0.3) is 0 Å². The van der Waals surface area contributed by atoms with Gasteiger partial charge in [0.2, 0.25) is 5.91 Å². The van der Waals surface area contributed by atoms with Crippen LogP contribution in [0.15, 0.2) is 24.3 Å². The number of anilines is 1. The molecule has 5 heteroatoms. The molecule has 1 unspecified atom stereocenters.